The summed E-state index contributed by atoms with van der Waals surface area (Å²) in [5, 5.41) is 12.9. The molecule has 0 atom stereocenters. The predicted octanol–water partition coefficient (Wildman–Crippen LogP) is 1.08. The van der Waals surface area contributed by atoms with Gasteiger partial charge in [0.1, 0.15) is 12.2 Å². The molecule has 0 aliphatic carbocycles. The van der Waals surface area contributed by atoms with Gasteiger partial charge in [0.05, 0.1) is 0 Å². The van der Waals surface area contributed by atoms with Gasteiger partial charge < -0.3 is 4.52 Å². The summed E-state index contributed by atoms with van der Waals surface area (Å²) in [5.74, 6) is 0.161. The molecule has 0 aromatic carbocycles. The van der Waals surface area contributed by atoms with E-state index in [9.17, 15) is 18.0 Å². The Labute approximate surface area is 119 Å². The standard InChI is InChI=1S/C11H7F3N6O2/c12-11(13,14)7-3-4-20(18-7)5-9-15-10(19-22-9)6-1-2-8(21)17-16-6/h1-4H,5H2,(H,17,21). The highest BCUT2D eigenvalue weighted by Crippen LogP contribution is 2.27. The molecule has 3 aromatic heterocycles. The van der Waals surface area contributed by atoms with Gasteiger partial charge >= 0.3 is 6.18 Å². The fraction of sp³-hybridized carbons (Fsp3) is 0.182. The summed E-state index contributed by atoms with van der Waals surface area (Å²) in [7, 11) is 0. The zero-order valence-electron chi connectivity index (χ0n) is 10.7. The van der Waals surface area contributed by atoms with Gasteiger partial charge in [-0.15, -0.1) is 0 Å². The number of H-pyrrole nitrogens is 1. The second-order valence-electron chi connectivity index (χ2n) is 4.21. The van der Waals surface area contributed by atoms with Crippen LogP contribution in [0.4, 0.5) is 13.2 Å². The van der Waals surface area contributed by atoms with Gasteiger partial charge in [0.25, 0.3) is 5.56 Å². The molecule has 8 nitrogen and oxygen atoms in total. The van der Waals surface area contributed by atoms with Crippen molar-refractivity contribution in [1.82, 2.24) is 30.1 Å². The highest BCUT2D eigenvalue weighted by Gasteiger charge is 2.33. The van der Waals surface area contributed by atoms with Crippen LogP contribution in [0.3, 0.4) is 0 Å². The van der Waals surface area contributed by atoms with E-state index in [-0.39, 0.29) is 29.5 Å². The number of hydrogen-bond acceptors (Lipinski definition) is 6. The van der Waals surface area contributed by atoms with E-state index in [1.54, 1.807) is 0 Å². The molecule has 0 spiro atoms. The predicted molar refractivity (Wildman–Crippen MR) is 64.5 cm³/mol. The number of nitrogens with one attached hydrogen (secondary N) is 1. The van der Waals surface area contributed by atoms with Crippen LogP contribution in [-0.2, 0) is 12.7 Å². The molecule has 0 radical (unpaired) electrons. The Hall–Kier alpha value is -2.98. The lowest BCUT2D eigenvalue weighted by atomic mass is 10.4. The first kappa shape index (κ1) is 14.0. The van der Waals surface area contributed by atoms with Gasteiger partial charge in [-0.3, -0.25) is 9.48 Å². The smallest absolute Gasteiger partial charge is 0.337 e. The maximum atomic E-state index is 12.4. The Morgan fingerprint density at radius 3 is 2.73 bits per heavy atom. The maximum Gasteiger partial charge on any atom is 0.435 e. The van der Waals surface area contributed by atoms with Crippen LogP contribution in [0.1, 0.15) is 11.6 Å². The molecule has 11 heteroatoms. The van der Waals surface area contributed by atoms with Crippen molar-refractivity contribution in [3.05, 3.63) is 46.3 Å². The van der Waals surface area contributed by atoms with Crippen LogP contribution in [-0.4, -0.2) is 30.1 Å². The Morgan fingerprint density at radius 1 is 1.27 bits per heavy atom. The third-order valence-electron chi connectivity index (χ3n) is 2.60. The van der Waals surface area contributed by atoms with Crippen LogP contribution in [0.2, 0.25) is 0 Å². The summed E-state index contributed by atoms with van der Waals surface area (Å²) in [6, 6.07) is 3.48. The first-order chi connectivity index (χ1) is 10.4. The number of alkyl halides is 3. The molecule has 0 amide bonds. The summed E-state index contributed by atoms with van der Waals surface area (Å²) in [6.45, 7) is -0.119. The van der Waals surface area contributed by atoms with E-state index in [0.29, 0.717) is 0 Å². The van der Waals surface area contributed by atoms with Gasteiger partial charge in [-0.2, -0.15) is 28.4 Å². The third kappa shape index (κ3) is 2.87. The number of hydrogen-bond donors (Lipinski definition) is 1. The molecule has 0 saturated heterocycles. The molecule has 3 heterocycles. The van der Waals surface area contributed by atoms with Crippen LogP contribution in [0.15, 0.2) is 33.7 Å². The minimum absolute atomic E-state index is 0.0554. The number of aromatic nitrogens is 6. The Bertz CT molecular complexity index is 829. The summed E-state index contributed by atoms with van der Waals surface area (Å²) in [4.78, 5) is 14.9. The lowest BCUT2D eigenvalue weighted by molar-refractivity contribution is -0.141. The van der Waals surface area contributed by atoms with Crippen molar-refractivity contribution >= 4 is 0 Å². The van der Waals surface area contributed by atoms with E-state index >= 15 is 0 Å². The molecule has 3 aromatic rings. The number of halogens is 3. The van der Waals surface area contributed by atoms with E-state index in [0.717, 1.165) is 16.9 Å². The largest absolute Gasteiger partial charge is 0.435 e. The van der Waals surface area contributed by atoms with Crippen LogP contribution in [0.5, 0.6) is 0 Å². The normalized spacial score (nSPS) is 11.8. The minimum atomic E-state index is -4.51. The monoisotopic (exact) mass is 312 g/mol. The topological polar surface area (TPSA) is 102 Å². The quantitative estimate of drug-likeness (QED) is 0.776. The van der Waals surface area contributed by atoms with Crippen molar-refractivity contribution in [1.29, 1.82) is 0 Å². The highest BCUT2D eigenvalue weighted by atomic mass is 19.4. The SMILES string of the molecule is O=c1ccc(-c2noc(Cn3ccc(C(F)(F)F)n3)n2)n[nH]1. The number of nitrogens with zero attached hydrogens (tertiary/aromatic N) is 5. The lowest BCUT2D eigenvalue weighted by Crippen LogP contribution is -2.08. The summed E-state index contributed by atoms with van der Waals surface area (Å²) in [6.07, 6.45) is -3.35. The first-order valence-corrected chi connectivity index (χ1v) is 5.91. The van der Waals surface area contributed by atoms with Gasteiger partial charge in [-0.1, -0.05) is 5.16 Å². The van der Waals surface area contributed by atoms with Gasteiger partial charge in [-0.25, -0.2) is 5.10 Å². The van der Waals surface area contributed by atoms with E-state index in [4.69, 9.17) is 4.52 Å². The average Bonchev–Trinajstić information content (AvgIpc) is 3.09. The second-order valence-corrected chi connectivity index (χ2v) is 4.21. The molecule has 22 heavy (non-hydrogen) atoms. The molecule has 0 saturated carbocycles. The third-order valence-corrected chi connectivity index (χ3v) is 2.60. The fourth-order valence-electron chi connectivity index (χ4n) is 1.63. The maximum absolute atomic E-state index is 12.4. The van der Waals surface area contributed by atoms with Crippen molar-refractivity contribution in [2.24, 2.45) is 0 Å². The van der Waals surface area contributed by atoms with Crippen molar-refractivity contribution in [2.45, 2.75) is 12.7 Å². The Balaban J connectivity index is 1.78. The highest BCUT2D eigenvalue weighted by molar-refractivity contribution is 5.46. The van der Waals surface area contributed by atoms with E-state index in [1.165, 1.54) is 12.1 Å². The van der Waals surface area contributed by atoms with E-state index < -0.39 is 11.9 Å². The molecule has 3 rings (SSSR count). The zero-order chi connectivity index (χ0) is 15.7. The van der Waals surface area contributed by atoms with E-state index in [1.807, 2.05) is 0 Å². The molecule has 114 valence electrons. The van der Waals surface area contributed by atoms with Gasteiger partial charge in [0, 0.05) is 12.3 Å². The van der Waals surface area contributed by atoms with Crippen LogP contribution < -0.4 is 5.56 Å². The van der Waals surface area contributed by atoms with Crippen LogP contribution >= 0.6 is 0 Å². The van der Waals surface area contributed by atoms with Crippen molar-refractivity contribution < 1.29 is 17.7 Å². The molecule has 0 aliphatic heterocycles. The van der Waals surface area contributed by atoms with Gasteiger partial charge in [-0.05, 0) is 12.1 Å². The molecule has 1 N–H and O–H groups in total. The lowest BCUT2D eigenvalue weighted by Gasteiger charge is -2.00. The van der Waals surface area contributed by atoms with Gasteiger partial charge in [0.15, 0.2) is 5.69 Å². The van der Waals surface area contributed by atoms with Crippen LogP contribution in [0, 0.1) is 0 Å². The van der Waals surface area contributed by atoms with Crippen LogP contribution in [0.25, 0.3) is 11.5 Å². The molecule has 0 bridgehead atoms. The second kappa shape index (κ2) is 5.09. The number of aromatic amines is 1. The molecular formula is C11H7F3N6O2. The first-order valence-electron chi connectivity index (χ1n) is 5.91. The fourth-order valence-corrected chi connectivity index (χ4v) is 1.63. The summed E-state index contributed by atoms with van der Waals surface area (Å²) < 4.78 is 43.2. The van der Waals surface area contributed by atoms with Crippen molar-refractivity contribution in [3.63, 3.8) is 0 Å². The minimum Gasteiger partial charge on any atom is -0.337 e. The number of rotatable bonds is 3. The zero-order valence-corrected chi connectivity index (χ0v) is 10.7. The Morgan fingerprint density at radius 2 is 2.09 bits per heavy atom. The van der Waals surface area contributed by atoms with Crippen molar-refractivity contribution in [2.75, 3.05) is 0 Å². The summed E-state index contributed by atoms with van der Waals surface area (Å²) >= 11 is 0. The summed E-state index contributed by atoms with van der Waals surface area (Å²) in [5.41, 5.74) is -1.12. The van der Waals surface area contributed by atoms with E-state index in [2.05, 4.69) is 25.4 Å². The molecular weight excluding hydrogens is 305 g/mol. The molecule has 0 fully saturated rings. The average molecular weight is 312 g/mol. The molecule has 0 unspecified atom stereocenters. The Kier molecular flexibility index (Phi) is 3.23. The molecule has 0 aliphatic rings. The van der Waals surface area contributed by atoms with Crippen molar-refractivity contribution in [3.8, 4) is 11.5 Å². The van der Waals surface area contributed by atoms with Gasteiger partial charge in [0.2, 0.25) is 11.7 Å².